The summed E-state index contributed by atoms with van der Waals surface area (Å²) in [5.41, 5.74) is 1.93. The third-order valence-electron chi connectivity index (χ3n) is 5.41. The number of nitrogens with zero attached hydrogens (tertiary/aromatic N) is 1. The van der Waals surface area contributed by atoms with Crippen LogP contribution in [0.5, 0.6) is 0 Å². The Labute approximate surface area is 194 Å². The minimum Gasteiger partial charge on any atom is -0.361 e. The summed E-state index contributed by atoms with van der Waals surface area (Å²) in [5, 5.41) is 10.5. The number of aromatic amines is 1. The molecule has 1 aliphatic carbocycles. The van der Waals surface area contributed by atoms with Crippen LogP contribution in [-0.4, -0.2) is 43.0 Å². The molecule has 0 atom stereocenters. The van der Waals surface area contributed by atoms with Crippen molar-refractivity contribution in [1.82, 2.24) is 20.9 Å². The lowest BCUT2D eigenvalue weighted by Crippen LogP contribution is -2.41. The van der Waals surface area contributed by atoms with Crippen molar-refractivity contribution in [2.45, 2.75) is 45.4 Å². The molecule has 1 saturated carbocycles. The van der Waals surface area contributed by atoms with Gasteiger partial charge in [0.05, 0.1) is 0 Å². The molecule has 1 aromatic heterocycles. The van der Waals surface area contributed by atoms with Crippen LogP contribution in [0.1, 0.15) is 44.6 Å². The highest BCUT2D eigenvalue weighted by Gasteiger charge is 2.17. The summed E-state index contributed by atoms with van der Waals surface area (Å²) < 4.78 is 13.3. The first-order valence-corrected chi connectivity index (χ1v) is 10.7. The van der Waals surface area contributed by atoms with Crippen molar-refractivity contribution in [1.29, 1.82) is 0 Å². The van der Waals surface area contributed by atoms with Crippen molar-refractivity contribution in [3.8, 4) is 0 Å². The average Bonchev–Trinajstić information content (AvgIpc) is 3.35. The van der Waals surface area contributed by atoms with Crippen molar-refractivity contribution in [2.75, 3.05) is 26.2 Å². The fraction of sp³-hybridized carbons (Fsp3) is 0.545. The number of hydrogen-bond acceptors (Lipinski definition) is 2. The van der Waals surface area contributed by atoms with Crippen molar-refractivity contribution >= 4 is 46.7 Å². The van der Waals surface area contributed by atoms with Crippen molar-refractivity contribution < 1.29 is 9.18 Å². The maximum absolute atomic E-state index is 13.3. The maximum Gasteiger partial charge on any atom is 0.220 e. The van der Waals surface area contributed by atoms with E-state index >= 15 is 0 Å². The SMILES string of the molecule is CCNC(=NCCc1c[nH]c2cc(F)ccc12)NCCNC(=O)CC1CCCC1.I. The molecule has 4 N–H and O–H groups in total. The van der Waals surface area contributed by atoms with Crippen LogP contribution >= 0.6 is 24.0 Å². The molecule has 0 radical (unpaired) electrons. The molecule has 3 rings (SSSR count). The van der Waals surface area contributed by atoms with Crippen LogP contribution in [0.4, 0.5) is 4.39 Å². The van der Waals surface area contributed by atoms with Crippen LogP contribution < -0.4 is 16.0 Å². The second kappa shape index (κ2) is 12.8. The van der Waals surface area contributed by atoms with Gasteiger partial charge in [0.15, 0.2) is 5.96 Å². The fourth-order valence-electron chi connectivity index (χ4n) is 3.93. The number of nitrogens with one attached hydrogen (secondary N) is 4. The van der Waals surface area contributed by atoms with Gasteiger partial charge in [-0.15, -0.1) is 24.0 Å². The van der Waals surface area contributed by atoms with Crippen LogP contribution in [0.2, 0.25) is 0 Å². The Hall–Kier alpha value is -1.84. The summed E-state index contributed by atoms with van der Waals surface area (Å²) in [6, 6.07) is 4.79. The molecule has 0 bridgehead atoms. The topological polar surface area (TPSA) is 81.3 Å². The zero-order valence-electron chi connectivity index (χ0n) is 17.6. The van der Waals surface area contributed by atoms with E-state index in [1.54, 1.807) is 6.07 Å². The van der Waals surface area contributed by atoms with Gasteiger partial charge in [-0.05, 0) is 55.9 Å². The minimum absolute atomic E-state index is 0. The van der Waals surface area contributed by atoms with E-state index in [9.17, 15) is 9.18 Å². The lowest BCUT2D eigenvalue weighted by atomic mass is 10.0. The Kier molecular flexibility index (Phi) is 10.4. The molecular weight excluding hydrogens is 496 g/mol. The van der Waals surface area contributed by atoms with E-state index < -0.39 is 0 Å². The second-order valence-electron chi connectivity index (χ2n) is 7.65. The summed E-state index contributed by atoms with van der Waals surface area (Å²) >= 11 is 0. The quantitative estimate of drug-likeness (QED) is 0.173. The molecule has 0 unspecified atom stereocenters. The third kappa shape index (κ3) is 7.45. The smallest absolute Gasteiger partial charge is 0.220 e. The van der Waals surface area contributed by atoms with Gasteiger partial charge in [-0.1, -0.05) is 12.8 Å². The number of guanidine groups is 1. The predicted octanol–water partition coefficient (Wildman–Crippen LogP) is 3.72. The molecule has 1 aliphatic rings. The number of rotatable bonds is 9. The Morgan fingerprint density at radius 1 is 1.20 bits per heavy atom. The first kappa shape index (κ1) is 24.4. The van der Waals surface area contributed by atoms with E-state index in [4.69, 9.17) is 0 Å². The third-order valence-corrected chi connectivity index (χ3v) is 5.41. The van der Waals surface area contributed by atoms with Gasteiger partial charge >= 0.3 is 0 Å². The van der Waals surface area contributed by atoms with E-state index in [1.807, 2.05) is 13.1 Å². The Morgan fingerprint density at radius 3 is 2.73 bits per heavy atom. The summed E-state index contributed by atoms with van der Waals surface area (Å²) in [4.78, 5) is 19.7. The second-order valence-corrected chi connectivity index (χ2v) is 7.65. The number of benzene rings is 1. The number of H-pyrrole nitrogens is 1. The minimum atomic E-state index is -0.238. The van der Waals surface area contributed by atoms with Crippen molar-refractivity contribution in [2.24, 2.45) is 10.9 Å². The first-order chi connectivity index (χ1) is 14.2. The molecule has 1 fully saturated rings. The van der Waals surface area contributed by atoms with E-state index in [-0.39, 0.29) is 35.7 Å². The van der Waals surface area contributed by atoms with Crippen molar-refractivity contribution in [3.05, 3.63) is 35.8 Å². The molecule has 0 saturated heterocycles. The number of carbonyl (C=O) groups excluding carboxylic acids is 1. The van der Waals surface area contributed by atoms with Crippen LogP contribution in [0.25, 0.3) is 10.9 Å². The maximum atomic E-state index is 13.3. The largest absolute Gasteiger partial charge is 0.361 e. The molecule has 1 heterocycles. The Balaban J connectivity index is 0.00000320. The molecular formula is C22H33FIN5O. The zero-order valence-corrected chi connectivity index (χ0v) is 19.9. The number of halogens is 2. The highest BCUT2D eigenvalue weighted by atomic mass is 127. The summed E-state index contributed by atoms with van der Waals surface area (Å²) in [6.07, 6.45) is 8.24. The normalized spacial score (nSPS) is 14.5. The highest BCUT2D eigenvalue weighted by Crippen LogP contribution is 2.27. The first-order valence-electron chi connectivity index (χ1n) is 10.7. The van der Waals surface area contributed by atoms with Gasteiger partial charge < -0.3 is 20.9 Å². The van der Waals surface area contributed by atoms with E-state index in [0.717, 1.165) is 35.4 Å². The summed E-state index contributed by atoms with van der Waals surface area (Å²) in [5.74, 6) is 1.22. The molecule has 2 aromatic rings. The Bertz CT molecular complexity index is 832. The standard InChI is InChI=1S/C22H32FN5O.HI/c1-2-24-22(27-12-11-25-21(29)13-16-5-3-4-6-16)26-10-9-17-15-28-20-14-18(23)7-8-19(17)20;/h7-8,14-16,28H,2-6,9-13H2,1H3,(H,25,29)(H2,24,26,27);1H. The van der Waals surface area contributed by atoms with E-state index in [2.05, 4.69) is 25.9 Å². The molecule has 6 nitrogen and oxygen atoms in total. The predicted molar refractivity (Wildman–Crippen MR) is 131 cm³/mol. The van der Waals surface area contributed by atoms with Gasteiger partial charge in [-0.25, -0.2) is 4.39 Å². The number of aliphatic imine (C=N–C) groups is 1. The lowest BCUT2D eigenvalue weighted by molar-refractivity contribution is -0.121. The molecule has 1 aromatic carbocycles. The van der Waals surface area contributed by atoms with Gasteiger partial charge in [0.25, 0.3) is 0 Å². The van der Waals surface area contributed by atoms with Crippen LogP contribution in [0.3, 0.4) is 0 Å². The van der Waals surface area contributed by atoms with Gasteiger partial charge in [0.1, 0.15) is 5.82 Å². The average molecular weight is 529 g/mol. The number of hydrogen-bond donors (Lipinski definition) is 4. The summed E-state index contributed by atoms with van der Waals surface area (Å²) in [6.45, 7) is 4.63. The molecule has 30 heavy (non-hydrogen) atoms. The Morgan fingerprint density at radius 2 is 1.97 bits per heavy atom. The van der Waals surface area contributed by atoms with Crippen molar-refractivity contribution in [3.63, 3.8) is 0 Å². The lowest BCUT2D eigenvalue weighted by Gasteiger charge is -2.13. The van der Waals surface area contributed by atoms with Gasteiger partial charge in [0, 0.05) is 49.7 Å². The van der Waals surface area contributed by atoms with Gasteiger partial charge in [-0.3, -0.25) is 9.79 Å². The van der Waals surface area contributed by atoms with Gasteiger partial charge in [0.2, 0.25) is 5.91 Å². The van der Waals surface area contributed by atoms with Crippen LogP contribution in [-0.2, 0) is 11.2 Å². The zero-order chi connectivity index (χ0) is 20.5. The number of amides is 1. The van der Waals surface area contributed by atoms with Crippen LogP contribution in [0, 0.1) is 11.7 Å². The number of aromatic nitrogens is 1. The molecule has 8 heteroatoms. The van der Waals surface area contributed by atoms with Crippen LogP contribution in [0.15, 0.2) is 29.4 Å². The number of fused-ring (bicyclic) bond motifs is 1. The molecule has 1 amide bonds. The number of carbonyl (C=O) groups is 1. The molecule has 0 aliphatic heterocycles. The molecule has 166 valence electrons. The van der Waals surface area contributed by atoms with E-state index in [0.29, 0.717) is 32.0 Å². The van der Waals surface area contributed by atoms with Gasteiger partial charge in [-0.2, -0.15) is 0 Å². The molecule has 0 spiro atoms. The highest BCUT2D eigenvalue weighted by molar-refractivity contribution is 14.0. The summed E-state index contributed by atoms with van der Waals surface area (Å²) in [7, 11) is 0. The monoisotopic (exact) mass is 529 g/mol. The fourth-order valence-corrected chi connectivity index (χ4v) is 3.93. The van der Waals surface area contributed by atoms with E-state index in [1.165, 1.54) is 37.8 Å².